The molecule has 4 rings (SSSR count). The topological polar surface area (TPSA) is 54.9 Å². The van der Waals surface area contributed by atoms with Crippen LogP contribution < -0.4 is 5.32 Å². The van der Waals surface area contributed by atoms with Crippen molar-refractivity contribution >= 4 is 17.2 Å². The van der Waals surface area contributed by atoms with Gasteiger partial charge in [-0.25, -0.2) is 4.98 Å². The number of carbonyl (C=O) groups is 1. The maximum atomic E-state index is 12.5. The second-order valence-corrected chi connectivity index (χ2v) is 7.56. The Morgan fingerprint density at radius 2 is 2.04 bits per heavy atom. The van der Waals surface area contributed by atoms with E-state index >= 15 is 0 Å². The summed E-state index contributed by atoms with van der Waals surface area (Å²) in [6.45, 7) is 0. The molecule has 0 bridgehead atoms. The van der Waals surface area contributed by atoms with Gasteiger partial charge in [0.1, 0.15) is 0 Å². The predicted octanol–water partition coefficient (Wildman–Crippen LogP) is 3.87. The van der Waals surface area contributed by atoms with E-state index in [0.717, 1.165) is 35.7 Å². The molecule has 1 aliphatic carbocycles. The summed E-state index contributed by atoms with van der Waals surface area (Å²) in [5.41, 5.74) is 4.45. The van der Waals surface area contributed by atoms with Crippen molar-refractivity contribution in [2.24, 2.45) is 0 Å². The molecule has 132 valence electrons. The maximum Gasteiger partial charge on any atom is 0.226 e. The maximum absolute atomic E-state index is 12.5. The average molecular weight is 363 g/mol. The third kappa shape index (κ3) is 3.99. The Bertz CT molecular complexity index is 891. The third-order valence-electron chi connectivity index (χ3n) is 4.70. The summed E-state index contributed by atoms with van der Waals surface area (Å²) in [5.74, 6) is 0.0430. The van der Waals surface area contributed by atoms with Crippen LogP contribution in [-0.4, -0.2) is 15.9 Å². The van der Waals surface area contributed by atoms with Gasteiger partial charge in [-0.1, -0.05) is 30.3 Å². The van der Waals surface area contributed by atoms with Gasteiger partial charge >= 0.3 is 0 Å². The summed E-state index contributed by atoms with van der Waals surface area (Å²) < 4.78 is 0. The van der Waals surface area contributed by atoms with Gasteiger partial charge in [-0.3, -0.25) is 9.78 Å². The summed E-state index contributed by atoms with van der Waals surface area (Å²) in [7, 11) is 0. The number of pyridine rings is 1. The van der Waals surface area contributed by atoms with Crippen LogP contribution in [0.3, 0.4) is 0 Å². The Hall–Kier alpha value is -2.53. The lowest BCUT2D eigenvalue weighted by molar-refractivity contribution is -0.121. The van der Waals surface area contributed by atoms with E-state index in [-0.39, 0.29) is 11.9 Å². The smallest absolute Gasteiger partial charge is 0.226 e. The quantitative estimate of drug-likeness (QED) is 0.749. The highest BCUT2D eigenvalue weighted by Gasteiger charge is 2.21. The molecule has 0 fully saturated rings. The summed E-state index contributed by atoms with van der Waals surface area (Å²) in [6, 6.07) is 14.4. The van der Waals surface area contributed by atoms with Crippen LogP contribution in [-0.2, 0) is 24.1 Å². The number of amides is 1. The molecule has 2 heterocycles. The number of nitrogens with zero attached hydrogens (tertiary/aromatic N) is 2. The van der Waals surface area contributed by atoms with E-state index in [1.54, 1.807) is 17.5 Å². The minimum absolute atomic E-state index is 0.0430. The zero-order chi connectivity index (χ0) is 17.8. The Labute approximate surface area is 157 Å². The molecule has 0 saturated carbocycles. The lowest BCUT2D eigenvalue weighted by atomic mass is 9.87. The van der Waals surface area contributed by atoms with E-state index in [9.17, 15) is 4.79 Å². The minimum atomic E-state index is 0.0430. The molecule has 0 saturated heterocycles. The molecule has 1 aliphatic rings. The molecular weight excluding hydrogens is 342 g/mol. The van der Waals surface area contributed by atoms with Crippen LogP contribution in [0.5, 0.6) is 0 Å². The van der Waals surface area contributed by atoms with Gasteiger partial charge in [0, 0.05) is 23.7 Å². The number of carbonyl (C=O) groups excluding carboxylic acids is 1. The fraction of sp³-hybridized carbons (Fsp3) is 0.286. The van der Waals surface area contributed by atoms with Crippen molar-refractivity contribution in [1.82, 2.24) is 15.3 Å². The van der Waals surface area contributed by atoms with Crippen molar-refractivity contribution in [3.05, 3.63) is 81.6 Å². The monoisotopic (exact) mass is 363 g/mol. The Kier molecular flexibility index (Phi) is 5.07. The number of benzene rings is 1. The molecule has 1 N–H and O–H groups in total. The van der Waals surface area contributed by atoms with Crippen LogP contribution >= 0.6 is 11.3 Å². The van der Waals surface area contributed by atoms with Crippen LogP contribution in [0, 0.1) is 0 Å². The second kappa shape index (κ2) is 7.79. The molecule has 1 unspecified atom stereocenters. The van der Waals surface area contributed by atoms with Gasteiger partial charge in [0.25, 0.3) is 0 Å². The Morgan fingerprint density at radius 3 is 2.92 bits per heavy atom. The molecular formula is C21H21N3OS. The number of rotatable bonds is 5. The van der Waals surface area contributed by atoms with E-state index in [4.69, 9.17) is 0 Å². The van der Waals surface area contributed by atoms with Gasteiger partial charge in [-0.05, 0) is 42.5 Å². The van der Waals surface area contributed by atoms with Crippen molar-refractivity contribution < 1.29 is 4.79 Å². The van der Waals surface area contributed by atoms with Crippen molar-refractivity contribution in [3.63, 3.8) is 0 Å². The molecule has 1 amide bonds. The number of aryl methyl sites for hydroxylation is 1. The highest BCUT2D eigenvalue weighted by molar-refractivity contribution is 7.09. The number of hydrogen-bond donors (Lipinski definition) is 1. The van der Waals surface area contributed by atoms with Gasteiger partial charge in [0.15, 0.2) is 0 Å². The minimum Gasteiger partial charge on any atom is -0.349 e. The standard InChI is InChI=1S/C21H21N3OS/c25-20(24-19-10-5-7-15-6-1-2-9-18(15)19)12-17-14-26-21(23-17)13-16-8-3-4-11-22-16/h1-4,6,8-9,11,14,19H,5,7,10,12-13H2,(H,24,25). The molecule has 0 aliphatic heterocycles. The zero-order valence-electron chi connectivity index (χ0n) is 14.5. The second-order valence-electron chi connectivity index (χ2n) is 6.62. The molecule has 26 heavy (non-hydrogen) atoms. The Morgan fingerprint density at radius 1 is 1.15 bits per heavy atom. The first-order chi connectivity index (χ1) is 12.8. The van der Waals surface area contributed by atoms with E-state index in [2.05, 4.69) is 33.5 Å². The van der Waals surface area contributed by atoms with Crippen LogP contribution in [0.4, 0.5) is 0 Å². The number of hydrogen-bond acceptors (Lipinski definition) is 4. The highest BCUT2D eigenvalue weighted by atomic mass is 32.1. The Balaban J connectivity index is 1.37. The summed E-state index contributed by atoms with van der Waals surface area (Å²) in [4.78, 5) is 21.4. The molecule has 2 aromatic heterocycles. The average Bonchev–Trinajstić information content (AvgIpc) is 3.09. The van der Waals surface area contributed by atoms with E-state index in [1.807, 2.05) is 29.6 Å². The SMILES string of the molecule is O=C(Cc1csc(Cc2ccccn2)n1)NC1CCCc2ccccc21. The van der Waals surface area contributed by atoms with Crippen molar-refractivity contribution in [3.8, 4) is 0 Å². The third-order valence-corrected chi connectivity index (χ3v) is 5.60. The van der Waals surface area contributed by atoms with Crippen LogP contribution in [0.15, 0.2) is 54.0 Å². The molecule has 1 aromatic carbocycles. The number of aromatic nitrogens is 2. The number of thiazole rings is 1. The fourth-order valence-corrected chi connectivity index (χ4v) is 4.29. The lowest BCUT2D eigenvalue weighted by Gasteiger charge is -2.26. The van der Waals surface area contributed by atoms with Crippen LogP contribution in [0.2, 0.25) is 0 Å². The van der Waals surface area contributed by atoms with Crippen LogP contribution in [0.25, 0.3) is 0 Å². The molecule has 0 spiro atoms. The molecule has 4 nitrogen and oxygen atoms in total. The summed E-state index contributed by atoms with van der Waals surface area (Å²) in [5, 5.41) is 6.17. The van der Waals surface area contributed by atoms with Crippen molar-refractivity contribution in [1.29, 1.82) is 0 Å². The first kappa shape index (κ1) is 16.9. The normalized spacial score (nSPS) is 16.1. The largest absolute Gasteiger partial charge is 0.349 e. The summed E-state index contributed by atoms with van der Waals surface area (Å²) >= 11 is 1.59. The zero-order valence-corrected chi connectivity index (χ0v) is 15.3. The first-order valence-electron chi connectivity index (χ1n) is 8.98. The first-order valence-corrected chi connectivity index (χ1v) is 9.86. The van der Waals surface area contributed by atoms with E-state index in [1.165, 1.54) is 11.1 Å². The predicted molar refractivity (Wildman–Crippen MR) is 103 cm³/mol. The van der Waals surface area contributed by atoms with Gasteiger partial charge in [-0.15, -0.1) is 11.3 Å². The van der Waals surface area contributed by atoms with E-state index < -0.39 is 0 Å². The molecule has 5 heteroatoms. The van der Waals surface area contributed by atoms with Crippen molar-refractivity contribution in [2.75, 3.05) is 0 Å². The number of fused-ring (bicyclic) bond motifs is 1. The summed E-state index contributed by atoms with van der Waals surface area (Å²) in [6.07, 6.45) is 6.06. The van der Waals surface area contributed by atoms with Gasteiger partial charge < -0.3 is 5.32 Å². The van der Waals surface area contributed by atoms with Gasteiger partial charge in [-0.2, -0.15) is 0 Å². The van der Waals surface area contributed by atoms with Gasteiger partial charge in [0.2, 0.25) is 5.91 Å². The van der Waals surface area contributed by atoms with E-state index in [0.29, 0.717) is 12.8 Å². The fourth-order valence-electron chi connectivity index (χ4n) is 3.48. The molecule has 0 radical (unpaired) electrons. The highest BCUT2D eigenvalue weighted by Crippen LogP contribution is 2.29. The van der Waals surface area contributed by atoms with Gasteiger partial charge in [0.05, 0.1) is 23.2 Å². The van der Waals surface area contributed by atoms with Crippen molar-refractivity contribution in [2.45, 2.75) is 38.1 Å². The number of nitrogens with one attached hydrogen (secondary N) is 1. The molecule has 3 aromatic rings. The lowest BCUT2D eigenvalue weighted by Crippen LogP contribution is -2.32. The molecule has 1 atom stereocenters. The van der Waals surface area contributed by atoms with Crippen LogP contribution in [0.1, 0.15) is 46.4 Å².